The molecule has 2 saturated carbocycles. The maximum atomic E-state index is 13.2. The van der Waals surface area contributed by atoms with Gasteiger partial charge in [0, 0.05) is 48.8 Å². The number of hydrogen-bond acceptors (Lipinski definition) is 4. The smallest absolute Gasteiger partial charge is 0.253 e. The van der Waals surface area contributed by atoms with Gasteiger partial charge >= 0.3 is 0 Å². The van der Waals surface area contributed by atoms with Gasteiger partial charge in [-0.05, 0) is 75.0 Å². The van der Waals surface area contributed by atoms with Crippen LogP contribution in [0.3, 0.4) is 0 Å². The molecule has 0 bridgehead atoms. The molecule has 2 aliphatic rings. The van der Waals surface area contributed by atoms with E-state index in [0.717, 1.165) is 38.1 Å². The van der Waals surface area contributed by atoms with Crippen molar-refractivity contribution >= 4 is 17.7 Å². The first-order valence-corrected chi connectivity index (χ1v) is 14.1. The van der Waals surface area contributed by atoms with Crippen molar-refractivity contribution in [3.05, 3.63) is 35.4 Å². The average molecular weight is 499 g/mol. The van der Waals surface area contributed by atoms with Crippen LogP contribution in [0.25, 0.3) is 0 Å². The molecular formula is C29H46N4O3. The Morgan fingerprint density at radius 1 is 1.03 bits per heavy atom. The standard InChI is InChI=1S/C29H46N4O3/c1-4-15-33(16-5-2)29(36)24-8-6-7-23(18-24)28(35)32-26(14-13-21-9-10-21)25(30)17-20(3)27(34)31-19-22-11-12-22/h6-8,18,20-22,25-26H,4-5,9-17,19,30H2,1-3H3,(H,31,34)(H,32,35)/t20-,25+,26+/m1/s1. The summed E-state index contributed by atoms with van der Waals surface area (Å²) in [4.78, 5) is 40.6. The number of carbonyl (C=O) groups excluding carboxylic acids is 3. The largest absolute Gasteiger partial charge is 0.356 e. The summed E-state index contributed by atoms with van der Waals surface area (Å²) in [6, 6.07) is 6.44. The number of carbonyl (C=O) groups is 3. The predicted octanol–water partition coefficient (Wildman–Crippen LogP) is 4.12. The zero-order valence-corrected chi connectivity index (χ0v) is 22.4. The molecule has 0 radical (unpaired) electrons. The second-order valence-electron chi connectivity index (χ2n) is 11.0. The third-order valence-electron chi connectivity index (χ3n) is 7.40. The lowest BCUT2D eigenvalue weighted by atomic mass is 9.92. The Morgan fingerprint density at radius 2 is 1.67 bits per heavy atom. The van der Waals surface area contributed by atoms with Gasteiger partial charge in [0.25, 0.3) is 11.8 Å². The van der Waals surface area contributed by atoms with Crippen LogP contribution in [0.5, 0.6) is 0 Å². The summed E-state index contributed by atoms with van der Waals surface area (Å²) in [5.74, 6) is 0.937. The molecule has 1 aromatic carbocycles. The van der Waals surface area contributed by atoms with E-state index in [1.165, 1.54) is 25.7 Å². The van der Waals surface area contributed by atoms with E-state index in [1.54, 1.807) is 24.3 Å². The molecule has 3 atom stereocenters. The first-order chi connectivity index (χ1) is 17.3. The summed E-state index contributed by atoms with van der Waals surface area (Å²) >= 11 is 0. The highest BCUT2D eigenvalue weighted by Gasteiger charge is 2.29. The maximum Gasteiger partial charge on any atom is 0.253 e. The van der Waals surface area contributed by atoms with E-state index in [2.05, 4.69) is 24.5 Å². The summed E-state index contributed by atoms with van der Waals surface area (Å²) in [5.41, 5.74) is 7.58. The van der Waals surface area contributed by atoms with Crippen LogP contribution in [0, 0.1) is 17.8 Å². The lowest BCUT2D eigenvalue weighted by molar-refractivity contribution is -0.124. The molecule has 0 heterocycles. The topological polar surface area (TPSA) is 105 Å². The van der Waals surface area contributed by atoms with Crippen LogP contribution in [-0.2, 0) is 4.79 Å². The lowest BCUT2D eigenvalue weighted by Gasteiger charge is -2.27. The van der Waals surface area contributed by atoms with Gasteiger partial charge in [0.05, 0.1) is 0 Å². The number of benzene rings is 1. The molecule has 2 fully saturated rings. The van der Waals surface area contributed by atoms with Crippen molar-refractivity contribution in [1.82, 2.24) is 15.5 Å². The van der Waals surface area contributed by atoms with E-state index in [4.69, 9.17) is 5.73 Å². The number of rotatable bonds is 16. The molecule has 3 rings (SSSR count). The normalized spacial score (nSPS) is 17.7. The van der Waals surface area contributed by atoms with Crippen LogP contribution in [0.1, 0.15) is 99.3 Å². The van der Waals surface area contributed by atoms with Gasteiger partial charge in [-0.1, -0.05) is 39.7 Å². The van der Waals surface area contributed by atoms with Crippen LogP contribution in [0.2, 0.25) is 0 Å². The summed E-state index contributed by atoms with van der Waals surface area (Å²) in [6.07, 6.45) is 9.02. The monoisotopic (exact) mass is 498 g/mol. The van der Waals surface area contributed by atoms with E-state index < -0.39 is 0 Å². The van der Waals surface area contributed by atoms with E-state index in [1.807, 2.05) is 11.8 Å². The third-order valence-corrected chi connectivity index (χ3v) is 7.40. The van der Waals surface area contributed by atoms with Crippen LogP contribution in [0.15, 0.2) is 24.3 Å². The van der Waals surface area contributed by atoms with Crippen molar-refractivity contribution in [1.29, 1.82) is 0 Å². The van der Waals surface area contributed by atoms with E-state index in [0.29, 0.717) is 36.6 Å². The Balaban J connectivity index is 1.63. The molecule has 1 aromatic rings. The van der Waals surface area contributed by atoms with Crippen molar-refractivity contribution in [3.8, 4) is 0 Å². The molecule has 3 amide bonds. The van der Waals surface area contributed by atoms with Gasteiger partial charge in [-0.15, -0.1) is 0 Å². The average Bonchev–Trinajstić information content (AvgIpc) is 3.79. The minimum absolute atomic E-state index is 0.0404. The van der Waals surface area contributed by atoms with Gasteiger partial charge in [-0.25, -0.2) is 0 Å². The Morgan fingerprint density at radius 3 is 2.28 bits per heavy atom. The highest BCUT2D eigenvalue weighted by Crippen LogP contribution is 2.34. The SMILES string of the molecule is CCCN(CCC)C(=O)c1cccc(C(=O)N[C@@H](CCC2CC2)[C@@H](N)C[C@@H](C)C(=O)NCC2CC2)c1. The zero-order chi connectivity index (χ0) is 26.1. The second kappa shape index (κ2) is 13.8. The number of amides is 3. The fraction of sp³-hybridized carbons (Fsp3) is 0.690. The first kappa shape index (κ1) is 28.2. The molecule has 2 aliphatic carbocycles. The van der Waals surface area contributed by atoms with Crippen molar-refractivity contribution in [3.63, 3.8) is 0 Å². The second-order valence-corrected chi connectivity index (χ2v) is 11.0. The van der Waals surface area contributed by atoms with Gasteiger partial charge in [0.15, 0.2) is 0 Å². The van der Waals surface area contributed by atoms with Crippen molar-refractivity contribution < 1.29 is 14.4 Å². The van der Waals surface area contributed by atoms with Crippen molar-refractivity contribution in [2.45, 2.75) is 90.6 Å². The number of hydrogen-bond donors (Lipinski definition) is 3. The van der Waals surface area contributed by atoms with Gasteiger partial charge in [0.2, 0.25) is 5.91 Å². The molecule has 0 spiro atoms. The molecule has 4 N–H and O–H groups in total. The lowest BCUT2D eigenvalue weighted by Crippen LogP contribution is -2.49. The molecule has 200 valence electrons. The Bertz CT molecular complexity index is 875. The van der Waals surface area contributed by atoms with Gasteiger partial charge in [-0.2, -0.15) is 0 Å². The quantitative estimate of drug-likeness (QED) is 0.319. The number of nitrogens with two attached hydrogens (primary N) is 1. The van der Waals surface area contributed by atoms with Crippen LogP contribution in [0.4, 0.5) is 0 Å². The highest BCUT2D eigenvalue weighted by molar-refractivity contribution is 5.99. The summed E-state index contributed by atoms with van der Waals surface area (Å²) in [5, 5.41) is 6.19. The molecular weight excluding hydrogens is 452 g/mol. The Hall–Kier alpha value is -2.41. The minimum Gasteiger partial charge on any atom is -0.356 e. The fourth-order valence-corrected chi connectivity index (χ4v) is 4.72. The number of nitrogens with zero attached hydrogens (tertiary/aromatic N) is 1. The molecule has 0 aliphatic heterocycles. The summed E-state index contributed by atoms with van der Waals surface area (Å²) in [7, 11) is 0. The highest BCUT2D eigenvalue weighted by atomic mass is 16.2. The van der Waals surface area contributed by atoms with E-state index in [9.17, 15) is 14.4 Å². The summed E-state index contributed by atoms with van der Waals surface area (Å²) in [6.45, 7) is 8.19. The molecule has 7 heteroatoms. The fourth-order valence-electron chi connectivity index (χ4n) is 4.72. The van der Waals surface area contributed by atoms with Crippen LogP contribution in [-0.4, -0.2) is 54.3 Å². The summed E-state index contributed by atoms with van der Waals surface area (Å²) < 4.78 is 0. The predicted molar refractivity (Wildman–Crippen MR) is 144 cm³/mol. The van der Waals surface area contributed by atoms with Gasteiger partial charge in [-0.3, -0.25) is 14.4 Å². The van der Waals surface area contributed by atoms with Gasteiger partial charge < -0.3 is 21.3 Å². The van der Waals surface area contributed by atoms with E-state index >= 15 is 0 Å². The minimum atomic E-state index is -0.316. The molecule has 0 aromatic heterocycles. The zero-order valence-electron chi connectivity index (χ0n) is 22.4. The van der Waals surface area contributed by atoms with Crippen molar-refractivity contribution in [2.75, 3.05) is 19.6 Å². The molecule has 0 unspecified atom stereocenters. The Kier molecular flexibility index (Phi) is 10.8. The first-order valence-electron chi connectivity index (χ1n) is 14.1. The molecule has 0 saturated heterocycles. The van der Waals surface area contributed by atoms with Gasteiger partial charge in [0.1, 0.15) is 0 Å². The van der Waals surface area contributed by atoms with Crippen LogP contribution >= 0.6 is 0 Å². The maximum absolute atomic E-state index is 13.2. The Labute approximate surface area is 216 Å². The van der Waals surface area contributed by atoms with Crippen LogP contribution < -0.4 is 16.4 Å². The van der Waals surface area contributed by atoms with E-state index in [-0.39, 0.29) is 35.7 Å². The number of nitrogens with one attached hydrogen (secondary N) is 2. The van der Waals surface area contributed by atoms with Crippen molar-refractivity contribution in [2.24, 2.45) is 23.5 Å². The third kappa shape index (κ3) is 8.91. The molecule has 7 nitrogen and oxygen atoms in total. The molecule has 36 heavy (non-hydrogen) atoms.